The lowest BCUT2D eigenvalue weighted by atomic mass is 10.0. The van der Waals surface area contributed by atoms with Crippen molar-refractivity contribution in [3.63, 3.8) is 0 Å². The van der Waals surface area contributed by atoms with Crippen LogP contribution in [0.4, 0.5) is 0 Å². The molecule has 2 amide bonds. The summed E-state index contributed by atoms with van der Waals surface area (Å²) in [5.74, 6) is 0.866. The van der Waals surface area contributed by atoms with Crippen LogP contribution in [-0.2, 0) is 9.59 Å². The quantitative estimate of drug-likeness (QED) is 0.906. The lowest BCUT2D eigenvalue weighted by molar-refractivity contribution is -0.141. The zero-order valence-electron chi connectivity index (χ0n) is 14.2. The zero-order chi connectivity index (χ0) is 16.8. The van der Waals surface area contributed by atoms with Gasteiger partial charge in [-0.05, 0) is 30.4 Å². The van der Waals surface area contributed by atoms with E-state index in [1.54, 1.807) is 4.90 Å². The third-order valence-electron chi connectivity index (χ3n) is 4.15. The van der Waals surface area contributed by atoms with Crippen molar-refractivity contribution >= 4 is 11.8 Å². The van der Waals surface area contributed by atoms with Crippen molar-refractivity contribution in [2.45, 2.75) is 45.6 Å². The Balaban J connectivity index is 2.05. The van der Waals surface area contributed by atoms with E-state index >= 15 is 0 Å². The minimum atomic E-state index is -0.394. The van der Waals surface area contributed by atoms with Gasteiger partial charge in [-0.25, -0.2) is 0 Å². The highest BCUT2D eigenvalue weighted by molar-refractivity contribution is 5.88. The summed E-state index contributed by atoms with van der Waals surface area (Å²) < 4.78 is 5.76. The molecule has 0 saturated carbocycles. The topological polar surface area (TPSA) is 58.6 Å². The summed E-state index contributed by atoms with van der Waals surface area (Å²) in [7, 11) is 0. The molecule has 23 heavy (non-hydrogen) atoms. The molecule has 1 fully saturated rings. The third-order valence-corrected chi connectivity index (χ3v) is 4.15. The van der Waals surface area contributed by atoms with Gasteiger partial charge in [0.2, 0.25) is 5.91 Å². The van der Waals surface area contributed by atoms with Gasteiger partial charge in [-0.2, -0.15) is 0 Å². The first kappa shape index (κ1) is 17.3. The second-order valence-corrected chi connectivity index (χ2v) is 6.14. The fraction of sp³-hybridized carbons (Fsp3) is 0.556. The first-order valence-corrected chi connectivity index (χ1v) is 8.33. The molecule has 1 aliphatic heterocycles. The van der Waals surface area contributed by atoms with Gasteiger partial charge in [-0.3, -0.25) is 9.59 Å². The molecule has 1 aliphatic rings. The van der Waals surface area contributed by atoms with Crippen molar-refractivity contribution in [1.29, 1.82) is 0 Å². The Morgan fingerprint density at radius 2 is 2.13 bits per heavy atom. The number of nitrogens with one attached hydrogen (secondary N) is 1. The highest BCUT2D eigenvalue weighted by atomic mass is 16.5. The summed E-state index contributed by atoms with van der Waals surface area (Å²) in [6, 6.07) is 7.37. The average Bonchev–Trinajstić information content (AvgIpc) is 2.73. The number of amides is 2. The van der Waals surface area contributed by atoms with Crippen LogP contribution in [-0.4, -0.2) is 42.5 Å². The minimum Gasteiger partial charge on any atom is -0.483 e. The van der Waals surface area contributed by atoms with Gasteiger partial charge < -0.3 is 15.0 Å². The van der Waals surface area contributed by atoms with E-state index in [0.29, 0.717) is 25.4 Å². The van der Waals surface area contributed by atoms with E-state index in [-0.39, 0.29) is 18.4 Å². The predicted octanol–water partition coefficient (Wildman–Crippen LogP) is 2.32. The van der Waals surface area contributed by atoms with Crippen LogP contribution in [0.5, 0.6) is 5.75 Å². The third kappa shape index (κ3) is 4.24. The number of benzene rings is 1. The lowest BCUT2D eigenvalue weighted by Gasteiger charge is -2.27. The molecule has 1 aromatic rings. The average molecular weight is 318 g/mol. The molecule has 0 spiro atoms. The minimum absolute atomic E-state index is 0.0342. The van der Waals surface area contributed by atoms with E-state index in [1.165, 1.54) is 0 Å². The lowest BCUT2D eigenvalue weighted by Crippen LogP contribution is -2.48. The van der Waals surface area contributed by atoms with Gasteiger partial charge in [0.25, 0.3) is 5.91 Å². The molecule has 0 aromatic heterocycles. The molecular formula is C18H26N2O3. The molecule has 0 bridgehead atoms. The summed E-state index contributed by atoms with van der Waals surface area (Å²) >= 11 is 0. The molecule has 1 heterocycles. The predicted molar refractivity (Wildman–Crippen MR) is 89.4 cm³/mol. The molecule has 5 nitrogen and oxygen atoms in total. The van der Waals surface area contributed by atoms with Crippen LogP contribution in [0.1, 0.15) is 45.1 Å². The Morgan fingerprint density at radius 3 is 2.83 bits per heavy atom. The van der Waals surface area contributed by atoms with E-state index in [1.807, 2.05) is 31.2 Å². The van der Waals surface area contributed by atoms with Crippen molar-refractivity contribution in [1.82, 2.24) is 10.2 Å². The number of rotatable bonds is 5. The van der Waals surface area contributed by atoms with Gasteiger partial charge in [0.1, 0.15) is 11.8 Å². The SMILES string of the molecule is CC[C@@H]1C(=O)NCCCN1C(=O)COc1ccccc1C(C)C. The molecule has 1 atom stereocenters. The number of para-hydroxylation sites is 1. The molecule has 5 heteroatoms. The molecule has 126 valence electrons. The largest absolute Gasteiger partial charge is 0.483 e. The van der Waals surface area contributed by atoms with Crippen molar-refractivity contribution in [2.24, 2.45) is 0 Å². The van der Waals surface area contributed by atoms with Crippen LogP contribution in [0.25, 0.3) is 0 Å². The van der Waals surface area contributed by atoms with Crippen LogP contribution < -0.4 is 10.1 Å². The van der Waals surface area contributed by atoms with Crippen molar-refractivity contribution in [2.75, 3.05) is 19.7 Å². The number of ether oxygens (including phenoxy) is 1. The molecule has 1 N–H and O–H groups in total. The molecular weight excluding hydrogens is 292 g/mol. The molecule has 0 aliphatic carbocycles. The Morgan fingerprint density at radius 1 is 1.39 bits per heavy atom. The van der Waals surface area contributed by atoms with Crippen LogP contribution in [0.2, 0.25) is 0 Å². The monoisotopic (exact) mass is 318 g/mol. The highest BCUT2D eigenvalue weighted by Gasteiger charge is 2.30. The molecule has 1 aromatic carbocycles. The van der Waals surface area contributed by atoms with Crippen LogP contribution in [0, 0.1) is 0 Å². The maximum Gasteiger partial charge on any atom is 0.261 e. The smallest absolute Gasteiger partial charge is 0.261 e. The van der Waals surface area contributed by atoms with Gasteiger partial charge in [-0.1, -0.05) is 39.0 Å². The number of nitrogens with zero attached hydrogens (tertiary/aromatic N) is 1. The highest BCUT2D eigenvalue weighted by Crippen LogP contribution is 2.26. The van der Waals surface area contributed by atoms with E-state index in [2.05, 4.69) is 19.2 Å². The fourth-order valence-electron chi connectivity index (χ4n) is 2.89. The summed E-state index contributed by atoms with van der Waals surface area (Å²) in [5.41, 5.74) is 1.08. The Labute approximate surface area is 138 Å². The Kier molecular flexibility index (Phi) is 6.02. The van der Waals surface area contributed by atoms with E-state index in [4.69, 9.17) is 4.74 Å². The fourth-order valence-corrected chi connectivity index (χ4v) is 2.89. The molecule has 2 rings (SSSR count). The van der Waals surface area contributed by atoms with Crippen LogP contribution >= 0.6 is 0 Å². The van der Waals surface area contributed by atoms with Crippen LogP contribution in [0.3, 0.4) is 0 Å². The number of carbonyl (C=O) groups excluding carboxylic acids is 2. The first-order valence-electron chi connectivity index (χ1n) is 8.33. The zero-order valence-corrected chi connectivity index (χ0v) is 14.2. The normalized spacial score (nSPS) is 18.5. The first-order chi connectivity index (χ1) is 11.0. The van der Waals surface area contributed by atoms with Crippen molar-refractivity contribution in [3.05, 3.63) is 29.8 Å². The summed E-state index contributed by atoms with van der Waals surface area (Å²) in [6.07, 6.45) is 1.39. The summed E-state index contributed by atoms with van der Waals surface area (Å²) in [6.45, 7) is 7.28. The number of carbonyl (C=O) groups is 2. The second-order valence-electron chi connectivity index (χ2n) is 6.14. The van der Waals surface area contributed by atoms with Crippen molar-refractivity contribution in [3.8, 4) is 5.75 Å². The van der Waals surface area contributed by atoms with Gasteiger partial charge in [0.05, 0.1) is 0 Å². The number of hydrogen-bond donors (Lipinski definition) is 1. The molecule has 0 radical (unpaired) electrons. The summed E-state index contributed by atoms with van der Waals surface area (Å²) in [4.78, 5) is 26.2. The van der Waals surface area contributed by atoms with Crippen LogP contribution in [0.15, 0.2) is 24.3 Å². The van der Waals surface area contributed by atoms with E-state index in [9.17, 15) is 9.59 Å². The Hall–Kier alpha value is -2.04. The number of hydrogen-bond acceptors (Lipinski definition) is 3. The summed E-state index contributed by atoms with van der Waals surface area (Å²) in [5, 5.41) is 2.85. The second kappa shape index (κ2) is 7.99. The van der Waals surface area contributed by atoms with Gasteiger partial charge in [0.15, 0.2) is 6.61 Å². The van der Waals surface area contributed by atoms with E-state index in [0.717, 1.165) is 17.7 Å². The maximum absolute atomic E-state index is 12.5. The standard InChI is InChI=1S/C18H26N2O3/c1-4-15-18(22)19-10-7-11-20(15)17(21)12-23-16-9-6-5-8-14(16)13(2)3/h5-6,8-9,13,15H,4,7,10-12H2,1-3H3,(H,19,22)/t15-/m1/s1. The maximum atomic E-state index is 12.5. The van der Waals surface area contributed by atoms with Gasteiger partial charge in [0, 0.05) is 13.1 Å². The van der Waals surface area contributed by atoms with Gasteiger partial charge >= 0.3 is 0 Å². The molecule has 0 unspecified atom stereocenters. The Bertz CT molecular complexity index is 557. The molecule has 1 saturated heterocycles. The van der Waals surface area contributed by atoms with Gasteiger partial charge in [-0.15, -0.1) is 0 Å². The van der Waals surface area contributed by atoms with Crippen molar-refractivity contribution < 1.29 is 14.3 Å². The van der Waals surface area contributed by atoms with E-state index < -0.39 is 6.04 Å².